The molecule has 1 heterocycles. The summed E-state index contributed by atoms with van der Waals surface area (Å²) in [6.07, 6.45) is -3.59. The van der Waals surface area contributed by atoms with Crippen molar-refractivity contribution in [2.75, 3.05) is 6.61 Å². The first kappa shape index (κ1) is 19.2. The van der Waals surface area contributed by atoms with E-state index in [-0.39, 0.29) is 6.61 Å². The molecule has 2 rings (SSSR count). The van der Waals surface area contributed by atoms with Crippen molar-refractivity contribution < 1.29 is 37.7 Å². The van der Waals surface area contributed by atoms with Crippen molar-refractivity contribution in [2.45, 2.75) is 37.8 Å². The summed E-state index contributed by atoms with van der Waals surface area (Å²) >= 11 is -2.21. The van der Waals surface area contributed by atoms with Crippen molar-refractivity contribution in [3.8, 4) is 0 Å². The van der Waals surface area contributed by atoms with E-state index < -0.39 is 56.8 Å². The summed E-state index contributed by atoms with van der Waals surface area (Å²) in [4.78, 5) is 23.0. The molecule has 1 aliphatic rings. The van der Waals surface area contributed by atoms with Crippen LogP contribution < -0.4 is 3.27 Å². The van der Waals surface area contributed by atoms with Gasteiger partial charge in [-0.2, -0.15) is 0 Å². The monoisotopic (exact) mass is 540 g/mol. The Morgan fingerprint density at radius 3 is 2.50 bits per heavy atom. The van der Waals surface area contributed by atoms with Gasteiger partial charge in [0.05, 0.1) is 0 Å². The van der Waals surface area contributed by atoms with E-state index in [2.05, 4.69) is 0 Å². The molecular formula is C15H17BiF2O6. The molecule has 0 unspecified atom stereocenters. The molecule has 1 fully saturated rings. The van der Waals surface area contributed by atoms with Crippen LogP contribution in [0.3, 0.4) is 0 Å². The summed E-state index contributed by atoms with van der Waals surface area (Å²) in [5, 5.41) is 8.78. The zero-order valence-electron chi connectivity index (χ0n) is 13.0. The second kappa shape index (κ2) is 7.37. The Kier molecular flexibility index (Phi) is 5.88. The number of alkyl halides is 2. The predicted molar refractivity (Wildman–Crippen MR) is 81.0 cm³/mol. The van der Waals surface area contributed by atoms with Gasteiger partial charge in [0.2, 0.25) is 0 Å². The van der Waals surface area contributed by atoms with E-state index in [9.17, 15) is 18.4 Å². The summed E-state index contributed by atoms with van der Waals surface area (Å²) in [5.74, 6) is -7.79. The predicted octanol–water partition coefficient (Wildman–Crippen LogP) is 1.12. The van der Waals surface area contributed by atoms with Crippen molar-refractivity contribution >= 4 is 36.2 Å². The van der Waals surface area contributed by atoms with E-state index in [0.717, 1.165) is 3.27 Å². The number of benzene rings is 1. The third-order valence-electron chi connectivity index (χ3n) is 3.26. The topological polar surface area (TPSA) is 82.1 Å². The van der Waals surface area contributed by atoms with Gasteiger partial charge in [0, 0.05) is 0 Å². The molecule has 1 aromatic carbocycles. The van der Waals surface area contributed by atoms with Crippen LogP contribution in [0.5, 0.6) is 0 Å². The van der Waals surface area contributed by atoms with Crippen LogP contribution in [0.2, 0.25) is 0 Å². The SMILES string of the molecule is CC1(C)OC[C@H]([C@@H](O[C](=O)[BiH][c]2ccccc2)C(F)(F)C(=O)O)O1. The number of aliphatic carboxylic acids is 1. The van der Waals surface area contributed by atoms with Crippen LogP contribution in [0.15, 0.2) is 30.3 Å². The minimum absolute atomic E-state index is 0.285. The second-order valence-electron chi connectivity index (χ2n) is 5.61. The number of hydrogen-bond acceptors (Lipinski definition) is 5. The van der Waals surface area contributed by atoms with Crippen LogP contribution >= 0.6 is 0 Å². The van der Waals surface area contributed by atoms with Crippen LogP contribution in [0.4, 0.5) is 13.6 Å². The van der Waals surface area contributed by atoms with Gasteiger partial charge < -0.3 is 0 Å². The second-order valence-corrected chi connectivity index (χ2v) is 10.4. The molecule has 132 valence electrons. The molecule has 2 atom stereocenters. The van der Waals surface area contributed by atoms with E-state index >= 15 is 0 Å². The number of carboxylic acid groups (broad SMARTS) is 1. The Morgan fingerprint density at radius 1 is 1.38 bits per heavy atom. The molecule has 0 radical (unpaired) electrons. The van der Waals surface area contributed by atoms with Crippen LogP contribution in [0, 0.1) is 0 Å². The number of rotatable bonds is 6. The van der Waals surface area contributed by atoms with Crippen LogP contribution in [0.25, 0.3) is 0 Å². The van der Waals surface area contributed by atoms with Gasteiger partial charge in [-0.05, 0) is 0 Å². The first-order chi connectivity index (χ1) is 11.1. The number of carbonyl (C=O) groups excluding carboxylic acids is 1. The normalized spacial score (nSPS) is 21.2. The van der Waals surface area contributed by atoms with E-state index in [1.54, 1.807) is 30.3 Å². The van der Waals surface area contributed by atoms with Crippen molar-refractivity contribution in [2.24, 2.45) is 0 Å². The molecule has 1 aromatic rings. The number of halogens is 2. The zero-order valence-corrected chi connectivity index (χ0v) is 16.9. The van der Waals surface area contributed by atoms with Gasteiger partial charge in [0.1, 0.15) is 0 Å². The minimum atomic E-state index is -4.27. The van der Waals surface area contributed by atoms with Crippen molar-refractivity contribution in [3.05, 3.63) is 30.3 Å². The Labute approximate surface area is 148 Å². The Balaban J connectivity index is 2.14. The molecule has 1 N–H and O–H groups in total. The molecule has 0 aliphatic carbocycles. The first-order valence-corrected chi connectivity index (χ1v) is 11.0. The Hall–Kier alpha value is -1.18. The fourth-order valence-corrected chi connectivity index (χ4v) is 5.19. The Morgan fingerprint density at radius 2 is 2.00 bits per heavy atom. The summed E-state index contributed by atoms with van der Waals surface area (Å²) in [5.41, 5.74) is 0. The number of ether oxygens (including phenoxy) is 3. The van der Waals surface area contributed by atoms with E-state index in [1.807, 2.05) is 0 Å². The number of hydrogen-bond donors (Lipinski definition) is 1. The van der Waals surface area contributed by atoms with Gasteiger partial charge in [-0.3, -0.25) is 0 Å². The Bertz CT molecular complexity index is 607. The summed E-state index contributed by atoms with van der Waals surface area (Å²) < 4.78 is 43.4. The van der Waals surface area contributed by atoms with Gasteiger partial charge in [-0.25, -0.2) is 0 Å². The first-order valence-electron chi connectivity index (χ1n) is 7.07. The van der Waals surface area contributed by atoms with Crippen molar-refractivity contribution in [3.63, 3.8) is 0 Å². The molecule has 1 saturated heterocycles. The average molecular weight is 540 g/mol. The fourth-order valence-electron chi connectivity index (χ4n) is 2.15. The van der Waals surface area contributed by atoms with E-state index in [4.69, 9.17) is 19.3 Å². The van der Waals surface area contributed by atoms with Crippen molar-refractivity contribution in [1.82, 2.24) is 0 Å². The molecular weight excluding hydrogens is 523 g/mol. The van der Waals surface area contributed by atoms with Gasteiger partial charge in [-0.15, -0.1) is 0 Å². The molecule has 0 amide bonds. The van der Waals surface area contributed by atoms with Gasteiger partial charge in [-0.1, -0.05) is 0 Å². The van der Waals surface area contributed by atoms with Crippen LogP contribution in [0.1, 0.15) is 13.8 Å². The summed E-state index contributed by atoms with van der Waals surface area (Å²) in [6.45, 7) is 2.73. The van der Waals surface area contributed by atoms with Crippen LogP contribution in [-0.2, 0) is 19.0 Å². The van der Waals surface area contributed by atoms with Gasteiger partial charge in [0.25, 0.3) is 0 Å². The molecule has 0 saturated carbocycles. The summed E-state index contributed by atoms with van der Waals surface area (Å²) in [6, 6.07) is 8.66. The number of carbonyl (C=O) groups is 2. The molecule has 0 aromatic heterocycles. The molecule has 1 aliphatic heterocycles. The molecule has 24 heavy (non-hydrogen) atoms. The molecule has 0 bridgehead atoms. The number of carboxylic acids is 1. The van der Waals surface area contributed by atoms with Crippen molar-refractivity contribution in [1.29, 1.82) is 0 Å². The quantitative estimate of drug-likeness (QED) is 0.546. The third kappa shape index (κ3) is 4.68. The third-order valence-corrected chi connectivity index (χ3v) is 6.93. The van der Waals surface area contributed by atoms with E-state index in [0.29, 0.717) is 0 Å². The molecule has 0 spiro atoms. The van der Waals surface area contributed by atoms with E-state index in [1.165, 1.54) is 13.8 Å². The zero-order chi connectivity index (χ0) is 18.0. The van der Waals surface area contributed by atoms with Gasteiger partial charge >= 0.3 is 149 Å². The standard InChI is InChI=1S/C9H11F2O6.C6H5.Bi.H/c1-8(2)16-3-5(17-8)6(15-4-12)9(10,11)7(13)14;1-2-4-6-5-3-1;;/h5-6H,3H2,1-2H3,(H,13,14);1-5H;;/t5-,6-;;;/m1.../s1. The van der Waals surface area contributed by atoms with Crippen LogP contribution in [-0.4, -0.2) is 68.5 Å². The summed E-state index contributed by atoms with van der Waals surface area (Å²) in [7, 11) is 0. The fraction of sp³-hybridized carbons (Fsp3) is 0.467. The maximum absolute atomic E-state index is 14.0. The average Bonchev–Trinajstić information content (AvgIpc) is 2.85. The molecule has 9 heteroatoms. The maximum atomic E-state index is 14.0. The van der Waals surface area contributed by atoms with Gasteiger partial charge in [0.15, 0.2) is 0 Å². The molecule has 6 nitrogen and oxygen atoms in total.